The standard InChI is InChI=1S/C25H39N3O3S.2ClH/c1-3-5-9-21-19-22-10-8-13-26-25(22)24(20-21)31-23-11-16-28(17-12-23)15-7-6-14-27-32(29,30)18-4-2;;/h8,10,13,19-20,23,27H,3-7,9,11-12,14-18H2,1-2H3;2*1H. The first kappa shape index (κ1) is 30.9. The van der Waals surface area contributed by atoms with Crippen LogP contribution in [0.1, 0.15) is 64.4 Å². The van der Waals surface area contributed by atoms with Gasteiger partial charge >= 0.3 is 0 Å². The third kappa shape index (κ3) is 9.86. The molecule has 0 aliphatic carbocycles. The number of unbranched alkanes of at least 4 members (excludes halogenated alkanes) is 2. The molecule has 0 unspecified atom stereocenters. The Kier molecular flexibility index (Phi) is 14.4. The van der Waals surface area contributed by atoms with E-state index in [1.54, 1.807) is 0 Å². The molecule has 2 heterocycles. The summed E-state index contributed by atoms with van der Waals surface area (Å²) in [6.45, 7) is 7.70. The summed E-state index contributed by atoms with van der Waals surface area (Å²) in [5.74, 6) is 1.14. The minimum Gasteiger partial charge on any atom is -0.488 e. The average Bonchev–Trinajstić information content (AvgIpc) is 2.78. The van der Waals surface area contributed by atoms with Crippen molar-refractivity contribution in [3.8, 4) is 5.75 Å². The zero-order valence-corrected chi connectivity index (χ0v) is 22.9. The number of piperidine rings is 1. The molecular weight excluding hydrogens is 493 g/mol. The molecule has 34 heavy (non-hydrogen) atoms. The van der Waals surface area contributed by atoms with Crippen molar-refractivity contribution in [2.45, 2.75) is 71.3 Å². The molecule has 1 aromatic heterocycles. The largest absolute Gasteiger partial charge is 0.488 e. The Hall–Kier alpha value is -1.12. The van der Waals surface area contributed by atoms with Gasteiger partial charge in [-0.05, 0) is 75.3 Å². The van der Waals surface area contributed by atoms with E-state index in [4.69, 9.17) is 4.74 Å². The van der Waals surface area contributed by atoms with E-state index in [1.807, 2.05) is 19.2 Å². The summed E-state index contributed by atoms with van der Waals surface area (Å²) in [4.78, 5) is 7.05. The van der Waals surface area contributed by atoms with Crippen molar-refractivity contribution < 1.29 is 13.2 Å². The predicted octanol–water partition coefficient (Wildman–Crippen LogP) is 5.37. The molecule has 3 rings (SSSR count). The number of halogens is 2. The molecule has 6 nitrogen and oxygen atoms in total. The molecule has 1 fully saturated rings. The molecule has 2 aromatic rings. The maximum Gasteiger partial charge on any atom is 0.211 e. The van der Waals surface area contributed by atoms with E-state index >= 15 is 0 Å². The minimum absolute atomic E-state index is 0. The molecular formula is C25H41Cl2N3O3S. The van der Waals surface area contributed by atoms with Crippen LogP contribution in [0.2, 0.25) is 0 Å². The lowest BCUT2D eigenvalue weighted by Gasteiger charge is -2.32. The number of ether oxygens (including phenoxy) is 1. The van der Waals surface area contributed by atoms with Crippen LogP contribution in [0.15, 0.2) is 30.5 Å². The van der Waals surface area contributed by atoms with Gasteiger partial charge in [0, 0.05) is 31.2 Å². The Morgan fingerprint density at radius 3 is 2.56 bits per heavy atom. The molecule has 194 valence electrons. The van der Waals surface area contributed by atoms with Crippen molar-refractivity contribution >= 4 is 45.7 Å². The van der Waals surface area contributed by atoms with Crippen LogP contribution in [0.25, 0.3) is 10.9 Å². The first-order chi connectivity index (χ1) is 15.5. The molecule has 0 atom stereocenters. The zero-order valence-electron chi connectivity index (χ0n) is 20.5. The van der Waals surface area contributed by atoms with Crippen LogP contribution < -0.4 is 9.46 Å². The Balaban J connectivity index is 0.00000289. The van der Waals surface area contributed by atoms with Crippen LogP contribution in [0.5, 0.6) is 5.75 Å². The van der Waals surface area contributed by atoms with Crippen molar-refractivity contribution in [1.29, 1.82) is 0 Å². The number of hydrogen-bond acceptors (Lipinski definition) is 5. The molecule has 0 saturated carbocycles. The van der Waals surface area contributed by atoms with Crippen LogP contribution in [0.3, 0.4) is 0 Å². The van der Waals surface area contributed by atoms with Gasteiger partial charge in [0.25, 0.3) is 0 Å². The topological polar surface area (TPSA) is 71.5 Å². The van der Waals surface area contributed by atoms with Crippen molar-refractivity contribution in [2.24, 2.45) is 0 Å². The van der Waals surface area contributed by atoms with Gasteiger partial charge in [-0.25, -0.2) is 13.1 Å². The second kappa shape index (κ2) is 15.8. The fourth-order valence-corrected chi connectivity index (χ4v) is 5.43. The number of hydrogen-bond donors (Lipinski definition) is 1. The normalized spacial score (nSPS) is 15.0. The number of pyridine rings is 1. The lowest BCUT2D eigenvalue weighted by molar-refractivity contribution is 0.101. The highest BCUT2D eigenvalue weighted by atomic mass is 35.5. The number of aromatic nitrogens is 1. The van der Waals surface area contributed by atoms with Gasteiger partial charge < -0.3 is 9.64 Å². The van der Waals surface area contributed by atoms with Crippen LogP contribution >= 0.6 is 24.8 Å². The fourth-order valence-electron chi connectivity index (χ4n) is 4.29. The third-order valence-electron chi connectivity index (χ3n) is 6.07. The van der Waals surface area contributed by atoms with Gasteiger partial charge in [-0.3, -0.25) is 4.98 Å². The van der Waals surface area contributed by atoms with E-state index in [9.17, 15) is 8.42 Å². The number of nitrogens with zero attached hydrogens (tertiary/aromatic N) is 2. The second-order valence-electron chi connectivity index (χ2n) is 8.85. The van der Waals surface area contributed by atoms with E-state index < -0.39 is 10.0 Å². The number of sulfonamides is 1. The highest BCUT2D eigenvalue weighted by Crippen LogP contribution is 2.29. The van der Waals surface area contributed by atoms with Crippen LogP contribution in [-0.4, -0.2) is 56.3 Å². The van der Waals surface area contributed by atoms with Gasteiger partial charge in [-0.15, -0.1) is 24.8 Å². The van der Waals surface area contributed by atoms with Gasteiger partial charge in [-0.1, -0.05) is 26.3 Å². The Morgan fingerprint density at radius 1 is 1.09 bits per heavy atom. The van der Waals surface area contributed by atoms with Crippen LogP contribution in [0, 0.1) is 0 Å². The minimum atomic E-state index is -3.08. The molecule has 0 spiro atoms. The van der Waals surface area contributed by atoms with E-state index in [2.05, 4.69) is 39.7 Å². The molecule has 0 amide bonds. The van der Waals surface area contributed by atoms with E-state index in [1.165, 1.54) is 18.4 Å². The number of aryl methyl sites for hydroxylation is 1. The maximum atomic E-state index is 11.7. The summed E-state index contributed by atoms with van der Waals surface area (Å²) in [6, 6.07) is 8.55. The van der Waals surface area contributed by atoms with Crippen molar-refractivity contribution in [3.63, 3.8) is 0 Å². The van der Waals surface area contributed by atoms with Crippen molar-refractivity contribution in [1.82, 2.24) is 14.6 Å². The van der Waals surface area contributed by atoms with Gasteiger partial charge in [0.15, 0.2) is 0 Å². The summed E-state index contributed by atoms with van der Waals surface area (Å²) in [5, 5.41) is 1.16. The van der Waals surface area contributed by atoms with Crippen LogP contribution in [-0.2, 0) is 16.4 Å². The summed E-state index contributed by atoms with van der Waals surface area (Å²) in [5.41, 5.74) is 2.29. The lowest BCUT2D eigenvalue weighted by atomic mass is 10.0. The molecule has 1 aliphatic heterocycles. The number of benzene rings is 1. The molecule has 9 heteroatoms. The van der Waals surface area contributed by atoms with Gasteiger partial charge in [0.2, 0.25) is 10.0 Å². The van der Waals surface area contributed by atoms with E-state index in [0.717, 1.165) is 68.4 Å². The Morgan fingerprint density at radius 2 is 1.85 bits per heavy atom. The Bertz CT molecular complexity index is 952. The summed E-state index contributed by atoms with van der Waals surface area (Å²) >= 11 is 0. The molecule has 1 saturated heterocycles. The Labute approximate surface area is 218 Å². The van der Waals surface area contributed by atoms with E-state index in [0.29, 0.717) is 13.0 Å². The average molecular weight is 535 g/mol. The third-order valence-corrected chi connectivity index (χ3v) is 7.66. The number of nitrogens with one attached hydrogen (secondary N) is 1. The number of likely N-dealkylation sites (tertiary alicyclic amines) is 1. The zero-order chi connectivity index (χ0) is 22.8. The second-order valence-corrected chi connectivity index (χ2v) is 10.8. The highest BCUT2D eigenvalue weighted by Gasteiger charge is 2.21. The molecule has 0 radical (unpaired) electrons. The van der Waals surface area contributed by atoms with Crippen molar-refractivity contribution in [2.75, 3.05) is 31.9 Å². The van der Waals surface area contributed by atoms with Crippen molar-refractivity contribution in [3.05, 3.63) is 36.0 Å². The maximum absolute atomic E-state index is 11.7. The summed E-state index contributed by atoms with van der Waals surface area (Å²) < 4.78 is 32.6. The SMILES string of the molecule is CCCCc1cc(OC2CCN(CCCCNS(=O)(=O)CCC)CC2)c2ncccc2c1.Cl.Cl. The molecule has 1 aliphatic rings. The number of rotatable bonds is 13. The first-order valence-electron chi connectivity index (χ1n) is 12.2. The lowest BCUT2D eigenvalue weighted by Crippen LogP contribution is -2.39. The highest BCUT2D eigenvalue weighted by molar-refractivity contribution is 7.89. The monoisotopic (exact) mass is 533 g/mol. The molecule has 1 aromatic carbocycles. The quantitative estimate of drug-likeness (QED) is 0.350. The smallest absolute Gasteiger partial charge is 0.211 e. The number of fused-ring (bicyclic) bond motifs is 1. The van der Waals surface area contributed by atoms with Gasteiger partial charge in [0.1, 0.15) is 17.4 Å². The predicted molar refractivity (Wildman–Crippen MR) is 146 cm³/mol. The van der Waals surface area contributed by atoms with E-state index in [-0.39, 0.29) is 36.7 Å². The van der Waals surface area contributed by atoms with Gasteiger partial charge in [-0.2, -0.15) is 0 Å². The first-order valence-corrected chi connectivity index (χ1v) is 13.9. The summed E-state index contributed by atoms with van der Waals surface area (Å²) in [6.07, 6.45) is 10.1. The van der Waals surface area contributed by atoms with Crippen LogP contribution in [0.4, 0.5) is 0 Å². The fraction of sp³-hybridized carbons (Fsp3) is 0.640. The molecule has 0 bridgehead atoms. The molecule has 1 N–H and O–H groups in total. The summed E-state index contributed by atoms with van der Waals surface area (Å²) in [7, 11) is -3.08. The van der Waals surface area contributed by atoms with Gasteiger partial charge in [0.05, 0.1) is 5.75 Å².